The fourth-order valence-corrected chi connectivity index (χ4v) is 4.45. The number of aliphatic hydroxyl groups excluding tert-OH is 4. The Bertz CT molecular complexity index is 560. The van der Waals surface area contributed by atoms with Gasteiger partial charge in [0.25, 0.3) is 0 Å². The molecular formula is C6H13N3O11P2. The molecule has 1 aliphatic heterocycles. The third kappa shape index (κ3) is 3.66. The molecule has 6 atom stereocenters. The SMILES string of the molecule is [N-]=[N+]=NC[C@]1(P(=O)(O)OP(=O)(O)O)O[C@H](O)[C@@H](O)[C@H](O)[C@@H]1O. The maximum absolute atomic E-state index is 12.1. The van der Waals surface area contributed by atoms with E-state index in [9.17, 15) is 34.4 Å². The Balaban J connectivity index is 3.39. The second-order valence-corrected chi connectivity index (χ2v) is 7.69. The quantitative estimate of drug-likeness (QED) is 0.118. The van der Waals surface area contributed by atoms with Crippen molar-refractivity contribution in [2.75, 3.05) is 6.54 Å². The van der Waals surface area contributed by atoms with Gasteiger partial charge in [0.15, 0.2) is 6.29 Å². The summed E-state index contributed by atoms with van der Waals surface area (Å²) in [5, 5.41) is 37.8. The van der Waals surface area contributed by atoms with E-state index in [0.29, 0.717) is 0 Å². The van der Waals surface area contributed by atoms with Crippen LogP contribution in [0.5, 0.6) is 0 Å². The number of phosphoric acid groups is 1. The van der Waals surface area contributed by atoms with Crippen molar-refractivity contribution >= 4 is 15.4 Å². The van der Waals surface area contributed by atoms with Crippen LogP contribution in [-0.4, -0.2) is 71.6 Å². The van der Waals surface area contributed by atoms with E-state index in [0.717, 1.165) is 0 Å². The molecule has 1 heterocycles. The summed E-state index contributed by atoms with van der Waals surface area (Å²) in [6.45, 7) is -1.25. The van der Waals surface area contributed by atoms with Gasteiger partial charge in [0, 0.05) is 4.91 Å². The van der Waals surface area contributed by atoms with Gasteiger partial charge < -0.3 is 39.8 Å². The van der Waals surface area contributed by atoms with Gasteiger partial charge in [-0.05, 0) is 5.53 Å². The lowest BCUT2D eigenvalue weighted by atomic mass is 9.98. The minimum Gasteiger partial charge on any atom is -0.387 e. The molecular weight excluding hydrogens is 352 g/mol. The van der Waals surface area contributed by atoms with Crippen LogP contribution in [0.2, 0.25) is 0 Å². The number of ether oxygens (including phenoxy) is 1. The van der Waals surface area contributed by atoms with Gasteiger partial charge in [-0.15, -0.1) is 0 Å². The van der Waals surface area contributed by atoms with Crippen molar-refractivity contribution < 1.29 is 53.3 Å². The van der Waals surface area contributed by atoms with E-state index in [2.05, 4.69) is 19.1 Å². The molecule has 0 spiro atoms. The minimum atomic E-state index is -5.64. The predicted octanol–water partition coefficient (Wildman–Crippen LogP) is -2.28. The molecule has 0 saturated carbocycles. The summed E-state index contributed by atoms with van der Waals surface area (Å²) in [5.74, 6) is 0. The fourth-order valence-electron chi connectivity index (χ4n) is 1.77. The average molecular weight is 365 g/mol. The van der Waals surface area contributed by atoms with E-state index in [-0.39, 0.29) is 0 Å². The first-order valence-corrected chi connectivity index (χ1v) is 8.49. The summed E-state index contributed by atoms with van der Waals surface area (Å²) < 4.78 is 31.1. The van der Waals surface area contributed by atoms with Crippen LogP contribution in [-0.2, 0) is 18.2 Å². The van der Waals surface area contributed by atoms with Crippen LogP contribution in [0.25, 0.3) is 10.4 Å². The smallest absolute Gasteiger partial charge is 0.387 e. The molecule has 1 fully saturated rings. The molecule has 0 aromatic rings. The van der Waals surface area contributed by atoms with Gasteiger partial charge >= 0.3 is 15.4 Å². The molecule has 128 valence electrons. The first kappa shape index (κ1) is 19.5. The minimum absolute atomic E-state index is 1.25. The summed E-state index contributed by atoms with van der Waals surface area (Å²) in [5.41, 5.74) is 8.26. The molecule has 14 nitrogen and oxygen atoms in total. The molecule has 1 saturated heterocycles. The van der Waals surface area contributed by atoms with Gasteiger partial charge in [0.2, 0.25) is 5.34 Å². The van der Waals surface area contributed by atoms with Crippen molar-refractivity contribution in [1.82, 2.24) is 0 Å². The predicted molar refractivity (Wildman–Crippen MR) is 64.8 cm³/mol. The van der Waals surface area contributed by atoms with Crippen molar-refractivity contribution in [3.63, 3.8) is 0 Å². The van der Waals surface area contributed by atoms with Crippen LogP contribution in [0.1, 0.15) is 0 Å². The van der Waals surface area contributed by atoms with Crippen LogP contribution in [0, 0.1) is 0 Å². The van der Waals surface area contributed by atoms with E-state index in [4.69, 9.17) is 15.3 Å². The zero-order valence-electron chi connectivity index (χ0n) is 10.5. The van der Waals surface area contributed by atoms with Crippen molar-refractivity contribution in [3.8, 4) is 0 Å². The van der Waals surface area contributed by atoms with Crippen LogP contribution >= 0.6 is 15.4 Å². The average Bonchev–Trinajstić information content (AvgIpc) is 2.36. The lowest BCUT2D eigenvalue weighted by Crippen LogP contribution is -2.65. The van der Waals surface area contributed by atoms with Crippen molar-refractivity contribution in [2.24, 2.45) is 5.11 Å². The second kappa shape index (κ2) is 6.49. The summed E-state index contributed by atoms with van der Waals surface area (Å²) >= 11 is 0. The van der Waals surface area contributed by atoms with Gasteiger partial charge in [-0.3, -0.25) is 4.57 Å². The molecule has 0 aliphatic carbocycles. The Kier molecular flexibility index (Phi) is 5.74. The molecule has 1 aliphatic rings. The van der Waals surface area contributed by atoms with Crippen LogP contribution in [0.3, 0.4) is 0 Å². The van der Waals surface area contributed by atoms with Crippen molar-refractivity contribution in [1.29, 1.82) is 0 Å². The van der Waals surface area contributed by atoms with E-state index in [1.54, 1.807) is 0 Å². The maximum atomic E-state index is 12.1. The highest BCUT2D eigenvalue weighted by atomic mass is 31.3. The monoisotopic (exact) mass is 365 g/mol. The van der Waals surface area contributed by atoms with E-state index in [1.807, 2.05) is 0 Å². The van der Waals surface area contributed by atoms with Crippen LogP contribution in [0.15, 0.2) is 5.11 Å². The largest absolute Gasteiger partial charge is 0.476 e. The normalized spacial score (nSPS) is 38.9. The molecule has 0 aromatic heterocycles. The second-order valence-electron chi connectivity index (χ2n) is 4.26. The Morgan fingerprint density at radius 3 is 2.18 bits per heavy atom. The van der Waals surface area contributed by atoms with Crippen molar-refractivity contribution in [3.05, 3.63) is 10.4 Å². The molecule has 7 N–H and O–H groups in total. The molecule has 16 heteroatoms. The number of hydrogen-bond acceptors (Lipinski definition) is 9. The standard InChI is InChI=1S/C6H13N3O11P2/c7-9-8-1-6(21(14,15)20-22(16,17)18)4(12)2(10)3(11)5(13)19-6/h2-5,10-13H,1H2,(H,14,15)(H2,16,17,18)/t2-,3-,4-,5-,6+/m0/s1. The Morgan fingerprint density at radius 1 is 1.18 bits per heavy atom. The van der Waals surface area contributed by atoms with E-state index < -0.39 is 51.9 Å². The third-order valence-electron chi connectivity index (χ3n) is 2.81. The van der Waals surface area contributed by atoms with Crippen LogP contribution in [0.4, 0.5) is 0 Å². The maximum Gasteiger partial charge on any atom is 0.476 e. The number of aliphatic hydroxyl groups is 4. The van der Waals surface area contributed by atoms with Gasteiger partial charge in [-0.1, -0.05) is 5.11 Å². The van der Waals surface area contributed by atoms with Crippen molar-refractivity contribution in [2.45, 2.75) is 29.9 Å². The lowest BCUT2D eigenvalue weighted by Gasteiger charge is -2.47. The van der Waals surface area contributed by atoms with E-state index in [1.165, 1.54) is 0 Å². The molecule has 0 bridgehead atoms. The topological polar surface area (TPSA) is 243 Å². The number of rotatable bonds is 5. The van der Waals surface area contributed by atoms with Gasteiger partial charge in [0.1, 0.15) is 18.3 Å². The van der Waals surface area contributed by atoms with E-state index >= 15 is 0 Å². The summed E-state index contributed by atoms with van der Waals surface area (Å²) in [6.07, 6.45) is -9.20. The highest BCUT2D eigenvalue weighted by Crippen LogP contribution is 2.67. The number of nitrogens with zero attached hydrogens (tertiary/aromatic N) is 3. The lowest BCUT2D eigenvalue weighted by molar-refractivity contribution is -0.296. The fraction of sp³-hybridized carbons (Fsp3) is 1.00. The Labute approximate surface area is 121 Å². The first-order valence-electron chi connectivity index (χ1n) is 5.38. The highest BCUT2D eigenvalue weighted by Gasteiger charge is 2.65. The molecule has 22 heavy (non-hydrogen) atoms. The highest BCUT2D eigenvalue weighted by molar-refractivity contribution is 7.64. The zero-order chi connectivity index (χ0) is 17.3. The molecule has 0 radical (unpaired) electrons. The Morgan fingerprint density at radius 2 is 1.73 bits per heavy atom. The number of azide groups is 1. The van der Waals surface area contributed by atoms with Crippen LogP contribution < -0.4 is 0 Å². The first-order chi connectivity index (χ1) is 9.88. The molecule has 0 amide bonds. The molecule has 1 unspecified atom stereocenters. The summed E-state index contributed by atoms with van der Waals surface area (Å²) in [4.78, 5) is 29.2. The van der Waals surface area contributed by atoms with Gasteiger partial charge in [-0.2, -0.15) is 0 Å². The third-order valence-corrected chi connectivity index (χ3v) is 6.01. The molecule has 1 rings (SSSR count). The molecule has 0 aromatic carbocycles. The van der Waals surface area contributed by atoms with Gasteiger partial charge in [0.05, 0.1) is 6.54 Å². The Hall–Kier alpha value is -0.590. The summed E-state index contributed by atoms with van der Waals surface area (Å²) in [7, 11) is -11.2. The summed E-state index contributed by atoms with van der Waals surface area (Å²) in [6, 6.07) is 0. The van der Waals surface area contributed by atoms with Gasteiger partial charge in [-0.25, -0.2) is 8.88 Å². The number of hydrogen-bond donors (Lipinski definition) is 7. The zero-order valence-corrected chi connectivity index (χ0v) is 12.3.